The van der Waals surface area contributed by atoms with Crippen molar-refractivity contribution < 1.29 is 9.53 Å². The summed E-state index contributed by atoms with van der Waals surface area (Å²) in [6.07, 6.45) is 0.556. The summed E-state index contributed by atoms with van der Waals surface area (Å²) >= 11 is 0. The Kier molecular flexibility index (Phi) is 4.31. The fourth-order valence-electron chi connectivity index (χ4n) is 1.72. The number of rotatable bonds is 5. The number of hydrogen-bond donors (Lipinski definition) is 1. The maximum absolute atomic E-state index is 11.1. The van der Waals surface area contributed by atoms with Gasteiger partial charge in [0.05, 0.1) is 6.04 Å². The number of para-hydroxylation sites is 1. The number of benzene rings is 2. The minimum atomic E-state index is -0.430. The molecular weight excluding hydrogens is 238 g/mol. The zero-order valence-corrected chi connectivity index (χ0v) is 10.9. The SMILES string of the molecule is CC(=O)C(N)Cc1ccc(Oc2ccccc2)cc1. The van der Waals surface area contributed by atoms with E-state index in [0.717, 1.165) is 17.1 Å². The van der Waals surface area contributed by atoms with Crippen molar-refractivity contribution in [3.8, 4) is 11.5 Å². The Labute approximate surface area is 113 Å². The lowest BCUT2D eigenvalue weighted by Crippen LogP contribution is -2.30. The van der Waals surface area contributed by atoms with Crippen LogP contribution in [0.1, 0.15) is 12.5 Å². The third-order valence-corrected chi connectivity index (χ3v) is 2.88. The number of ketones is 1. The predicted molar refractivity (Wildman–Crippen MR) is 75.3 cm³/mol. The number of nitrogens with two attached hydrogens (primary N) is 1. The van der Waals surface area contributed by atoms with Gasteiger partial charge in [0.2, 0.25) is 0 Å². The van der Waals surface area contributed by atoms with E-state index in [4.69, 9.17) is 10.5 Å². The van der Waals surface area contributed by atoms with E-state index >= 15 is 0 Å². The molecule has 3 heteroatoms. The van der Waals surface area contributed by atoms with Gasteiger partial charge >= 0.3 is 0 Å². The highest BCUT2D eigenvalue weighted by molar-refractivity contribution is 5.81. The van der Waals surface area contributed by atoms with Crippen molar-refractivity contribution in [2.45, 2.75) is 19.4 Å². The van der Waals surface area contributed by atoms with Gasteiger partial charge in [-0.05, 0) is 43.2 Å². The molecule has 1 unspecified atom stereocenters. The van der Waals surface area contributed by atoms with Crippen molar-refractivity contribution in [1.29, 1.82) is 0 Å². The fraction of sp³-hybridized carbons (Fsp3) is 0.188. The monoisotopic (exact) mass is 255 g/mol. The zero-order valence-electron chi connectivity index (χ0n) is 10.9. The molecule has 0 saturated carbocycles. The molecule has 0 bridgehead atoms. The Morgan fingerprint density at radius 2 is 1.63 bits per heavy atom. The first-order chi connectivity index (χ1) is 9.15. The molecule has 2 N–H and O–H groups in total. The van der Waals surface area contributed by atoms with Crippen LogP contribution in [0.5, 0.6) is 11.5 Å². The molecule has 0 fully saturated rings. The predicted octanol–water partition coefficient (Wildman–Crippen LogP) is 2.94. The molecule has 0 spiro atoms. The highest BCUT2D eigenvalue weighted by Gasteiger charge is 2.08. The first-order valence-electron chi connectivity index (χ1n) is 6.23. The molecule has 0 aromatic heterocycles. The van der Waals surface area contributed by atoms with Gasteiger partial charge in [0.1, 0.15) is 17.3 Å². The third kappa shape index (κ3) is 3.93. The smallest absolute Gasteiger partial charge is 0.146 e. The molecule has 0 amide bonds. The average Bonchev–Trinajstić information content (AvgIpc) is 2.42. The Bertz CT molecular complexity index is 534. The topological polar surface area (TPSA) is 52.3 Å². The summed E-state index contributed by atoms with van der Waals surface area (Å²) in [4.78, 5) is 11.1. The van der Waals surface area contributed by atoms with Gasteiger partial charge in [-0.1, -0.05) is 30.3 Å². The maximum atomic E-state index is 11.1. The summed E-state index contributed by atoms with van der Waals surface area (Å²) in [5.74, 6) is 1.58. The van der Waals surface area contributed by atoms with E-state index in [1.165, 1.54) is 6.92 Å². The van der Waals surface area contributed by atoms with Crippen LogP contribution in [-0.2, 0) is 11.2 Å². The van der Waals surface area contributed by atoms with Crippen molar-refractivity contribution in [2.24, 2.45) is 5.73 Å². The number of ether oxygens (including phenoxy) is 1. The summed E-state index contributed by atoms with van der Waals surface area (Å²) in [6.45, 7) is 1.51. The lowest BCUT2D eigenvalue weighted by Gasteiger charge is -2.09. The van der Waals surface area contributed by atoms with E-state index in [1.807, 2.05) is 54.6 Å². The number of Topliss-reactive ketones (excluding diaryl/α,β-unsaturated/α-hetero) is 1. The average molecular weight is 255 g/mol. The molecule has 98 valence electrons. The molecule has 2 aromatic carbocycles. The normalized spacial score (nSPS) is 11.9. The largest absolute Gasteiger partial charge is 0.457 e. The van der Waals surface area contributed by atoms with Crippen LogP contribution in [0.25, 0.3) is 0 Å². The summed E-state index contributed by atoms with van der Waals surface area (Å²) in [6, 6.07) is 16.8. The zero-order chi connectivity index (χ0) is 13.7. The first kappa shape index (κ1) is 13.3. The van der Waals surface area contributed by atoms with Crippen LogP contribution in [-0.4, -0.2) is 11.8 Å². The molecule has 2 aromatic rings. The number of hydrogen-bond acceptors (Lipinski definition) is 3. The molecule has 0 aliphatic carbocycles. The molecular formula is C16H17NO2. The van der Waals surface area contributed by atoms with Crippen LogP contribution in [0.3, 0.4) is 0 Å². The van der Waals surface area contributed by atoms with E-state index in [9.17, 15) is 4.79 Å². The molecule has 0 aliphatic rings. The quantitative estimate of drug-likeness (QED) is 0.893. The first-order valence-corrected chi connectivity index (χ1v) is 6.23. The van der Waals surface area contributed by atoms with Gasteiger partial charge in [-0.25, -0.2) is 0 Å². The molecule has 2 rings (SSSR count). The van der Waals surface area contributed by atoms with Crippen LogP contribution < -0.4 is 10.5 Å². The van der Waals surface area contributed by atoms with Gasteiger partial charge in [0, 0.05) is 0 Å². The standard InChI is InChI=1S/C16H17NO2/c1-12(18)16(17)11-13-7-9-15(10-8-13)19-14-5-3-2-4-6-14/h2-10,16H,11,17H2,1H3. The Morgan fingerprint density at radius 3 is 2.21 bits per heavy atom. The molecule has 0 heterocycles. The minimum absolute atomic E-state index is 0.00427. The third-order valence-electron chi connectivity index (χ3n) is 2.88. The van der Waals surface area contributed by atoms with E-state index in [-0.39, 0.29) is 5.78 Å². The highest BCUT2D eigenvalue weighted by Crippen LogP contribution is 2.21. The molecule has 0 aliphatic heterocycles. The second kappa shape index (κ2) is 6.16. The second-order valence-electron chi connectivity index (χ2n) is 4.48. The van der Waals surface area contributed by atoms with Crippen molar-refractivity contribution >= 4 is 5.78 Å². The highest BCUT2D eigenvalue weighted by atomic mass is 16.5. The van der Waals surface area contributed by atoms with Crippen molar-refractivity contribution in [2.75, 3.05) is 0 Å². The van der Waals surface area contributed by atoms with Crippen LogP contribution in [0.4, 0.5) is 0 Å². The van der Waals surface area contributed by atoms with Gasteiger partial charge in [0.25, 0.3) is 0 Å². The maximum Gasteiger partial charge on any atom is 0.146 e. The van der Waals surface area contributed by atoms with Crippen LogP contribution in [0, 0.1) is 0 Å². The lowest BCUT2D eigenvalue weighted by atomic mass is 10.0. The molecule has 1 atom stereocenters. The Balaban J connectivity index is 2.01. The van der Waals surface area contributed by atoms with Gasteiger partial charge in [-0.15, -0.1) is 0 Å². The van der Waals surface area contributed by atoms with Gasteiger partial charge in [-0.2, -0.15) is 0 Å². The van der Waals surface area contributed by atoms with Crippen molar-refractivity contribution in [1.82, 2.24) is 0 Å². The Morgan fingerprint density at radius 1 is 1.05 bits per heavy atom. The molecule has 0 radical (unpaired) electrons. The van der Waals surface area contributed by atoms with Crippen molar-refractivity contribution in [3.63, 3.8) is 0 Å². The number of carbonyl (C=O) groups excluding carboxylic acids is 1. The minimum Gasteiger partial charge on any atom is -0.457 e. The lowest BCUT2D eigenvalue weighted by molar-refractivity contribution is -0.118. The van der Waals surface area contributed by atoms with Crippen LogP contribution in [0.15, 0.2) is 54.6 Å². The summed E-state index contributed by atoms with van der Waals surface area (Å²) in [5.41, 5.74) is 6.76. The molecule has 0 saturated heterocycles. The van der Waals surface area contributed by atoms with Gasteiger partial charge in [-0.3, -0.25) is 4.79 Å². The van der Waals surface area contributed by atoms with Crippen molar-refractivity contribution in [3.05, 3.63) is 60.2 Å². The van der Waals surface area contributed by atoms with Crippen LogP contribution in [0.2, 0.25) is 0 Å². The number of carbonyl (C=O) groups is 1. The van der Waals surface area contributed by atoms with E-state index in [1.54, 1.807) is 0 Å². The summed E-state index contributed by atoms with van der Waals surface area (Å²) in [7, 11) is 0. The van der Waals surface area contributed by atoms with Crippen LogP contribution >= 0.6 is 0 Å². The summed E-state index contributed by atoms with van der Waals surface area (Å²) < 4.78 is 5.69. The van der Waals surface area contributed by atoms with E-state index in [0.29, 0.717) is 6.42 Å². The second-order valence-corrected chi connectivity index (χ2v) is 4.48. The van der Waals surface area contributed by atoms with E-state index in [2.05, 4.69) is 0 Å². The van der Waals surface area contributed by atoms with Gasteiger partial charge in [0.15, 0.2) is 0 Å². The molecule has 3 nitrogen and oxygen atoms in total. The summed E-state index contributed by atoms with van der Waals surface area (Å²) in [5, 5.41) is 0. The van der Waals surface area contributed by atoms with E-state index < -0.39 is 6.04 Å². The fourth-order valence-corrected chi connectivity index (χ4v) is 1.72. The molecule has 19 heavy (non-hydrogen) atoms. The Hall–Kier alpha value is -2.13. The van der Waals surface area contributed by atoms with Gasteiger partial charge < -0.3 is 10.5 Å².